The van der Waals surface area contributed by atoms with Gasteiger partial charge in [0.25, 0.3) is 15.0 Å². The summed E-state index contributed by atoms with van der Waals surface area (Å²) in [5, 5.41) is 2.71. The van der Waals surface area contributed by atoms with Gasteiger partial charge in [-0.25, -0.2) is 12.8 Å². The fourth-order valence-electron chi connectivity index (χ4n) is 1.93. The number of hydrogen-bond donors (Lipinski definition) is 1. The molecule has 0 fully saturated rings. The van der Waals surface area contributed by atoms with Crippen LogP contribution in [0.15, 0.2) is 17.0 Å². The summed E-state index contributed by atoms with van der Waals surface area (Å²) in [7, 11) is 1.16. The number of halogens is 2. The molecule has 1 rings (SSSR count). The molecule has 1 unspecified atom stereocenters. The van der Waals surface area contributed by atoms with Gasteiger partial charge in [0.1, 0.15) is 5.82 Å². The molecule has 1 amide bonds. The Morgan fingerprint density at radius 1 is 1.43 bits per heavy atom. The highest BCUT2D eigenvalue weighted by atomic mass is 35.7. The molecule has 1 atom stereocenters. The van der Waals surface area contributed by atoms with Gasteiger partial charge in [-0.15, -0.1) is 0 Å². The van der Waals surface area contributed by atoms with E-state index in [9.17, 15) is 17.6 Å². The highest BCUT2D eigenvalue weighted by Gasteiger charge is 2.20. The molecule has 21 heavy (non-hydrogen) atoms. The van der Waals surface area contributed by atoms with Crippen LogP contribution in [0.3, 0.4) is 0 Å². The van der Waals surface area contributed by atoms with E-state index < -0.39 is 20.8 Å². The fraction of sp³-hybridized carbons (Fsp3) is 0.500. The molecule has 4 nitrogen and oxygen atoms in total. The molecule has 0 aliphatic carbocycles. The van der Waals surface area contributed by atoms with Gasteiger partial charge in [0.15, 0.2) is 0 Å². The zero-order valence-electron chi connectivity index (χ0n) is 12.2. The number of hydrogen-bond acceptors (Lipinski definition) is 3. The van der Waals surface area contributed by atoms with Crippen molar-refractivity contribution in [2.45, 2.75) is 51.0 Å². The van der Waals surface area contributed by atoms with Crippen LogP contribution in [-0.2, 0) is 9.05 Å². The lowest BCUT2D eigenvalue weighted by molar-refractivity contribution is 0.0937. The Bertz CT molecular complexity index is 631. The van der Waals surface area contributed by atoms with Crippen molar-refractivity contribution in [2.24, 2.45) is 0 Å². The Morgan fingerprint density at radius 2 is 2.05 bits per heavy atom. The van der Waals surface area contributed by atoms with Crippen LogP contribution in [0.2, 0.25) is 0 Å². The number of nitrogens with one attached hydrogen (secondary N) is 1. The van der Waals surface area contributed by atoms with Crippen molar-refractivity contribution in [1.82, 2.24) is 5.32 Å². The van der Waals surface area contributed by atoms with E-state index in [1.165, 1.54) is 6.92 Å². The van der Waals surface area contributed by atoms with Crippen LogP contribution in [0.1, 0.15) is 49.0 Å². The third-order valence-electron chi connectivity index (χ3n) is 3.19. The van der Waals surface area contributed by atoms with Gasteiger partial charge >= 0.3 is 0 Å². The molecular weight excluding hydrogens is 317 g/mol. The highest BCUT2D eigenvalue weighted by Crippen LogP contribution is 2.23. The van der Waals surface area contributed by atoms with Crippen molar-refractivity contribution in [3.8, 4) is 0 Å². The molecule has 0 spiro atoms. The Labute approximate surface area is 129 Å². The minimum Gasteiger partial charge on any atom is -0.350 e. The number of carbonyl (C=O) groups excluding carboxylic acids is 1. The van der Waals surface area contributed by atoms with Gasteiger partial charge in [-0.2, -0.15) is 0 Å². The highest BCUT2D eigenvalue weighted by molar-refractivity contribution is 8.13. The van der Waals surface area contributed by atoms with Crippen LogP contribution in [0.4, 0.5) is 4.39 Å². The summed E-state index contributed by atoms with van der Waals surface area (Å²) in [6.07, 6.45) is 2.77. The SMILES string of the molecule is CCCCC(C)NC(=O)c1cc(F)c(C)c(S(=O)(=O)Cl)c1. The topological polar surface area (TPSA) is 63.2 Å². The average molecular weight is 336 g/mol. The van der Waals surface area contributed by atoms with Crippen LogP contribution < -0.4 is 5.32 Å². The van der Waals surface area contributed by atoms with Gasteiger partial charge in [-0.3, -0.25) is 4.79 Å². The van der Waals surface area contributed by atoms with Crippen LogP contribution in [0.25, 0.3) is 0 Å². The maximum absolute atomic E-state index is 13.8. The van der Waals surface area contributed by atoms with Crippen LogP contribution in [-0.4, -0.2) is 20.4 Å². The van der Waals surface area contributed by atoms with Crippen LogP contribution in [0.5, 0.6) is 0 Å². The summed E-state index contributed by atoms with van der Waals surface area (Å²) < 4.78 is 36.6. The number of benzene rings is 1. The molecule has 0 aliphatic heterocycles. The molecule has 7 heteroatoms. The van der Waals surface area contributed by atoms with Crippen LogP contribution in [0, 0.1) is 12.7 Å². The van der Waals surface area contributed by atoms with Gasteiger partial charge in [0.2, 0.25) is 0 Å². The van der Waals surface area contributed by atoms with E-state index in [1.54, 1.807) is 0 Å². The van der Waals surface area contributed by atoms with Gasteiger partial charge < -0.3 is 5.32 Å². The minimum absolute atomic E-state index is 0.0549. The molecule has 0 saturated carbocycles. The average Bonchev–Trinajstić information content (AvgIpc) is 2.37. The molecule has 0 bridgehead atoms. The first kappa shape index (κ1) is 17.9. The summed E-state index contributed by atoms with van der Waals surface area (Å²) in [6.45, 7) is 5.19. The predicted octanol–water partition coefficient (Wildman–Crippen LogP) is 3.37. The number of rotatable bonds is 6. The Kier molecular flexibility index (Phi) is 6.16. The quantitative estimate of drug-likeness (QED) is 0.811. The van der Waals surface area contributed by atoms with Crippen molar-refractivity contribution < 1.29 is 17.6 Å². The van der Waals surface area contributed by atoms with E-state index in [1.807, 2.05) is 13.8 Å². The molecule has 118 valence electrons. The smallest absolute Gasteiger partial charge is 0.261 e. The molecule has 0 aromatic heterocycles. The third-order valence-corrected chi connectivity index (χ3v) is 4.64. The number of unbranched alkanes of at least 4 members (excludes halogenated alkanes) is 1. The Morgan fingerprint density at radius 3 is 2.57 bits per heavy atom. The predicted molar refractivity (Wildman–Crippen MR) is 80.6 cm³/mol. The largest absolute Gasteiger partial charge is 0.350 e. The first-order valence-corrected chi connectivity index (χ1v) is 9.03. The molecular formula is C14H19ClFNO3S. The molecule has 0 saturated heterocycles. The van der Waals surface area contributed by atoms with Gasteiger partial charge in [-0.05, 0) is 32.4 Å². The van der Waals surface area contributed by atoms with E-state index in [0.29, 0.717) is 0 Å². The summed E-state index contributed by atoms with van der Waals surface area (Å²) in [6, 6.07) is 2.05. The summed E-state index contributed by atoms with van der Waals surface area (Å²) in [4.78, 5) is 11.7. The molecule has 0 heterocycles. The molecule has 1 aromatic rings. The zero-order valence-corrected chi connectivity index (χ0v) is 13.8. The fourth-order valence-corrected chi connectivity index (χ4v) is 3.14. The lowest BCUT2D eigenvalue weighted by atomic mass is 10.1. The Balaban J connectivity index is 3.04. The normalized spacial score (nSPS) is 13.0. The molecule has 1 aromatic carbocycles. The van der Waals surface area contributed by atoms with E-state index in [4.69, 9.17) is 10.7 Å². The lowest BCUT2D eigenvalue weighted by Crippen LogP contribution is -2.32. The first-order chi connectivity index (χ1) is 9.66. The van der Waals surface area contributed by atoms with Crippen molar-refractivity contribution in [2.75, 3.05) is 0 Å². The van der Waals surface area contributed by atoms with E-state index >= 15 is 0 Å². The van der Waals surface area contributed by atoms with Crippen molar-refractivity contribution in [3.05, 3.63) is 29.1 Å². The van der Waals surface area contributed by atoms with Crippen molar-refractivity contribution in [3.63, 3.8) is 0 Å². The maximum atomic E-state index is 13.8. The third kappa shape index (κ3) is 4.97. The van der Waals surface area contributed by atoms with Crippen molar-refractivity contribution in [1.29, 1.82) is 0 Å². The maximum Gasteiger partial charge on any atom is 0.261 e. The summed E-state index contributed by atoms with van der Waals surface area (Å²) in [5.74, 6) is -1.29. The molecule has 1 N–H and O–H groups in total. The Hall–Kier alpha value is -1.14. The number of amides is 1. The first-order valence-electron chi connectivity index (χ1n) is 6.72. The monoisotopic (exact) mass is 335 g/mol. The van der Waals surface area contributed by atoms with Gasteiger partial charge in [0, 0.05) is 27.9 Å². The van der Waals surface area contributed by atoms with Crippen LogP contribution >= 0.6 is 10.7 Å². The zero-order chi connectivity index (χ0) is 16.2. The second kappa shape index (κ2) is 7.22. The second-order valence-electron chi connectivity index (χ2n) is 5.04. The second-order valence-corrected chi connectivity index (χ2v) is 7.57. The van der Waals surface area contributed by atoms with E-state index in [2.05, 4.69) is 5.32 Å². The summed E-state index contributed by atoms with van der Waals surface area (Å²) >= 11 is 0. The lowest BCUT2D eigenvalue weighted by Gasteiger charge is -2.14. The van der Waals surface area contributed by atoms with E-state index in [-0.39, 0.29) is 22.1 Å². The van der Waals surface area contributed by atoms with Gasteiger partial charge in [-0.1, -0.05) is 19.8 Å². The number of carbonyl (C=O) groups is 1. The standard InChI is InChI=1S/C14H19ClFNO3S/c1-4-5-6-9(2)17-14(18)11-7-12(16)10(3)13(8-11)21(15,19)20/h7-9H,4-6H2,1-3H3,(H,17,18). The molecule has 0 aliphatic rings. The van der Waals surface area contributed by atoms with E-state index in [0.717, 1.165) is 31.4 Å². The van der Waals surface area contributed by atoms with Crippen molar-refractivity contribution >= 4 is 25.6 Å². The molecule has 0 radical (unpaired) electrons. The van der Waals surface area contributed by atoms with Gasteiger partial charge in [0.05, 0.1) is 4.90 Å². The minimum atomic E-state index is -4.10. The summed E-state index contributed by atoms with van der Waals surface area (Å²) in [5.41, 5.74) is -0.152.